The maximum Gasteiger partial charge on any atom is 0.349 e. The Kier molecular flexibility index (Phi) is 5.47. The minimum Gasteiger partial charge on any atom is -0.477 e. The number of rotatable bonds is 6. The molecule has 1 rings (SSSR count). The van der Waals surface area contributed by atoms with E-state index in [1.165, 1.54) is 0 Å². The molecule has 0 saturated carbocycles. The monoisotopic (exact) mass is 305 g/mol. The molecule has 1 unspecified atom stereocenters. The number of benzene rings is 1. The van der Waals surface area contributed by atoms with Gasteiger partial charge in [-0.25, -0.2) is 4.79 Å². The predicted molar refractivity (Wildman–Crippen MR) is 84.1 cm³/mol. The van der Waals surface area contributed by atoms with Crippen LogP contribution >= 0.6 is 0 Å². The Morgan fingerprint density at radius 3 is 2.14 bits per heavy atom. The van der Waals surface area contributed by atoms with Gasteiger partial charge in [-0.1, -0.05) is 30.3 Å². The van der Waals surface area contributed by atoms with Crippen molar-refractivity contribution in [2.24, 2.45) is 5.41 Å². The summed E-state index contributed by atoms with van der Waals surface area (Å²) >= 11 is 0. The molecule has 0 amide bonds. The molecule has 0 aromatic heterocycles. The molecular formula is C17H23NO4. The van der Waals surface area contributed by atoms with Crippen LogP contribution in [-0.4, -0.2) is 28.4 Å². The predicted octanol–water partition coefficient (Wildman–Crippen LogP) is 3.07. The van der Waals surface area contributed by atoms with Crippen molar-refractivity contribution >= 4 is 17.7 Å². The van der Waals surface area contributed by atoms with Gasteiger partial charge in [-0.2, -0.15) is 0 Å². The quantitative estimate of drug-likeness (QED) is 0.624. The molecule has 0 aliphatic rings. The van der Waals surface area contributed by atoms with Crippen molar-refractivity contribution < 1.29 is 19.4 Å². The lowest BCUT2D eigenvalue weighted by molar-refractivity contribution is -0.166. The molecule has 0 bridgehead atoms. The Balaban J connectivity index is 3.05. The average Bonchev–Trinajstić information content (AvgIpc) is 2.37. The SMILES string of the molecule is CC(C)(C)OC(=O)C(C)(CC(=N)C(=O)O)Cc1ccccc1. The first kappa shape index (κ1) is 17.9. The summed E-state index contributed by atoms with van der Waals surface area (Å²) in [5.74, 6) is -1.81. The highest BCUT2D eigenvalue weighted by atomic mass is 16.6. The van der Waals surface area contributed by atoms with Gasteiger partial charge in [-0.3, -0.25) is 10.2 Å². The van der Waals surface area contributed by atoms with Gasteiger partial charge in [-0.05, 0) is 39.7 Å². The van der Waals surface area contributed by atoms with Gasteiger partial charge in [-0.15, -0.1) is 0 Å². The van der Waals surface area contributed by atoms with E-state index in [1.54, 1.807) is 27.7 Å². The minimum absolute atomic E-state index is 0.174. The summed E-state index contributed by atoms with van der Waals surface area (Å²) < 4.78 is 5.43. The first-order valence-electron chi connectivity index (χ1n) is 7.12. The zero-order chi connectivity index (χ0) is 17.0. The molecule has 0 spiro atoms. The summed E-state index contributed by atoms with van der Waals surface area (Å²) in [6.07, 6.45) is 0.143. The first-order valence-corrected chi connectivity index (χ1v) is 7.12. The Hall–Kier alpha value is -2.17. The van der Waals surface area contributed by atoms with Crippen molar-refractivity contribution in [2.45, 2.75) is 46.1 Å². The minimum atomic E-state index is -1.32. The number of hydrogen-bond acceptors (Lipinski definition) is 4. The number of esters is 1. The largest absolute Gasteiger partial charge is 0.477 e. The molecule has 1 atom stereocenters. The normalized spacial score (nSPS) is 14.0. The molecule has 22 heavy (non-hydrogen) atoms. The van der Waals surface area contributed by atoms with Crippen LogP contribution in [0.3, 0.4) is 0 Å². The maximum atomic E-state index is 12.5. The molecule has 0 saturated heterocycles. The van der Waals surface area contributed by atoms with Gasteiger partial charge in [0.15, 0.2) is 0 Å². The lowest BCUT2D eigenvalue weighted by atomic mass is 9.79. The lowest BCUT2D eigenvalue weighted by Gasteiger charge is -2.31. The lowest BCUT2D eigenvalue weighted by Crippen LogP contribution is -2.39. The van der Waals surface area contributed by atoms with E-state index in [0.29, 0.717) is 6.42 Å². The van der Waals surface area contributed by atoms with Crippen molar-refractivity contribution in [1.82, 2.24) is 0 Å². The van der Waals surface area contributed by atoms with Crippen LogP contribution in [0.5, 0.6) is 0 Å². The van der Waals surface area contributed by atoms with Crippen molar-refractivity contribution in [3.05, 3.63) is 35.9 Å². The Morgan fingerprint density at radius 1 is 1.14 bits per heavy atom. The number of ether oxygens (including phenoxy) is 1. The summed E-state index contributed by atoms with van der Waals surface area (Å²) in [6, 6.07) is 9.31. The number of hydrogen-bond donors (Lipinski definition) is 2. The fourth-order valence-electron chi connectivity index (χ4n) is 2.12. The molecule has 0 fully saturated rings. The van der Waals surface area contributed by atoms with Gasteiger partial charge in [0.05, 0.1) is 5.41 Å². The van der Waals surface area contributed by atoms with Crippen LogP contribution in [0, 0.1) is 10.8 Å². The molecule has 0 radical (unpaired) electrons. The fraction of sp³-hybridized carbons (Fsp3) is 0.471. The molecule has 1 aromatic rings. The number of carbonyl (C=O) groups excluding carboxylic acids is 1. The van der Waals surface area contributed by atoms with E-state index in [2.05, 4.69) is 0 Å². The smallest absolute Gasteiger partial charge is 0.349 e. The number of carbonyl (C=O) groups is 2. The van der Waals surface area contributed by atoms with E-state index in [9.17, 15) is 9.59 Å². The summed E-state index contributed by atoms with van der Waals surface area (Å²) in [7, 11) is 0. The van der Waals surface area contributed by atoms with Crippen LogP contribution in [0.4, 0.5) is 0 Å². The molecule has 1 aromatic carbocycles. The average molecular weight is 305 g/mol. The second-order valence-corrected chi connectivity index (χ2v) is 6.69. The van der Waals surface area contributed by atoms with Gasteiger partial charge in [0, 0.05) is 6.42 Å². The van der Waals surface area contributed by atoms with E-state index in [1.807, 2.05) is 30.3 Å². The molecule has 5 nitrogen and oxygen atoms in total. The third-order valence-electron chi connectivity index (χ3n) is 3.15. The second kappa shape index (κ2) is 6.73. The molecule has 120 valence electrons. The fourth-order valence-corrected chi connectivity index (χ4v) is 2.12. The highest BCUT2D eigenvalue weighted by molar-refractivity contribution is 6.34. The Morgan fingerprint density at radius 2 is 1.68 bits per heavy atom. The second-order valence-electron chi connectivity index (χ2n) is 6.69. The molecule has 0 heterocycles. The van der Waals surface area contributed by atoms with Crippen LogP contribution in [0.15, 0.2) is 30.3 Å². The summed E-state index contributed by atoms with van der Waals surface area (Å²) in [5, 5.41) is 16.5. The molecule has 5 heteroatoms. The van der Waals surface area contributed by atoms with Gasteiger partial charge >= 0.3 is 11.9 Å². The maximum absolute atomic E-state index is 12.5. The van der Waals surface area contributed by atoms with Crippen LogP contribution in [-0.2, 0) is 20.7 Å². The zero-order valence-electron chi connectivity index (χ0n) is 13.5. The topological polar surface area (TPSA) is 87.5 Å². The van der Waals surface area contributed by atoms with Crippen LogP contribution in [0.25, 0.3) is 0 Å². The van der Waals surface area contributed by atoms with E-state index < -0.39 is 28.7 Å². The molecule has 2 N–H and O–H groups in total. The van der Waals surface area contributed by atoms with Gasteiger partial charge in [0.25, 0.3) is 0 Å². The standard InChI is InChI=1S/C17H23NO4/c1-16(2,3)22-15(21)17(4,11-13(18)14(19)20)10-12-8-6-5-7-9-12/h5-9,18H,10-11H2,1-4H3,(H,19,20). The molecular weight excluding hydrogens is 282 g/mol. The van der Waals surface area contributed by atoms with Gasteiger partial charge in [0.2, 0.25) is 0 Å². The van der Waals surface area contributed by atoms with E-state index in [0.717, 1.165) is 5.56 Å². The van der Waals surface area contributed by atoms with Crippen molar-refractivity contribution in [3.8, 4) is 0 Å². The number of carboxylic acid groups (broad SMARTS) is 1. The third-order valence-corrected chi connectivity index (χ3v) is 3.15. The number of nitrogens with one attached hydrogen (secondary N) is 1. The summed E-state index contributed by atoms with van der Waals surface area (Å²) in [6.45, 7) is 6.93. The van der Waals surface area contributed by atoms with Crippen LogP contribution in [0.2, 0.25) is 0 Å². The van der Waals surface area contributed by atoms with Crippen LogP contribution in [0.1, 0.15) is 39.7 Å². The van der Waals surface area contributed by atoms with Crippen LogP contribution < -0.4 is 0 Å². The van der Waals surface area contributed by atoms with E-state index in [4.69, 9.17) is 15.3 Å². The highest BCUT2D eigenvalue weighted by Gasteiger charge is 2.39. The van der Waals surface area contributed by atoms with Crippen molar-refractivity contribution in [3.63, 3.8) is 0 Å². The van der Waals surface area contributed by atoms with Gasteiger partial charge in [0.1, 0.15) is 11.3 Å². The molecule has 0 aliphatic heterocycles. The van der Waals surface area contributed by atoms with E-state index in [-0.39, 0.29) is 6.42 Å². The summed E-state index contributed by atoms with van der Waals surface area (Å²) in [5.41, 5.74) is -1.36. The third kappa shape index (κ3) is 5.31. The van der Waals surface area contributed by atoms with Gasteiger partial charge < -0.3 is 9.84 Å². The number of aliphatic carboxylic acids is 1. The van der Waals surface area contributed by atoms with Crippen molar-refractivity contribution in [2.75, 3.05) is 0 Å². The van der Waals surface area contributed by atoms with E-state index >= 15 is 0 Å². The van der Waals surface area contributed by atoms with Crippen molar-refractivity contribution in [1.29, 1.82) is 5.41 Å². The molecule has 0 aliphatic carbocycles. The highest BCUT2D eigenvalue weighted by Crippen LogP contribution is 2.31. The first-order chi connectivity index (χ1) is 10.0. The Labute approximate surface area is 130 Å². The summed E-state index contributed by atoms with van der Waals surface area (Å²) in [4.78, 5) is 23.5. The number of carboxylic acids is 1. The zero-order valence-corrected chi connectivity index (χ0v) is 13.5. The Bertz CT molecular complexity index is 560.